The number of nitrogens with zero attached hydrogens (tertiary/aromatic N) is 4. The third-order valence-corrected chi connectivity index (χ3v) is 5.05. The highest BCUT2D eigenvalue weighted by molar-refractivity contribution is 5.94. The zero-order valence-electron chi connectivity index (χ0n) is 16.8. The van der Waals surface area contributed by atoms with E-state index >= 15 is 0 Å². The van der Waals surface area contributed by atoms with Crippen molar-refractivity contribution in [2.75, 3.05) is 38.2 Å². The van der Waals surface area contributed by atoms with E-state index in [0.29, 0.717) is 25.0 Å². The molecule has 1 aliphatic rings. The summed E-state index contributed by atoms with van der Waals surface area (Å²) in [4.78, 5) is 25.1. The van der Waals surface area contributed by atoms with E-state index in [-0.39, 0.29) is 12.0 Å². The predicted molar refractivity (Wildman–Crippen MR) is 108 cm³/mol. The van der Waals surface area contributed by atoms with Gasteiger partial charge in [0.15, 0.2) is 0 Å². The van der Waals surface area contributed by atoms with Gasteiger partial charge in [-0.15, -0.1) is 0 Å². The predicted octanol–water partition coefficient (Wildman–Crippen LogP) is 3.02. The van der Waals surface area contributed by atoms with Gasteiger partial charge in [0.2, 0.25) is 5.88 Å². The second kappa shape index (κ2) is 9.39. The van der Waals surface area contributed by atoms with Crippen LogP contribution in [-0.2, 0) is 0 Å². The number of hydrogen-bond donors (Lipinski definition) is 0. The highest BCUT2D eigenvalue weighted by atomic mass is 16.5. The number of amides is 1. The number of carbonyl (C=O) groups excluding carboxylic acids is 1. The van der Waals surface area contributed by atoms with Crippen molar-refractivity contribution in [3.05, 3.63) is 42.1 Å². The Morgan fingerprint density at radius 1 is 1.14 bits per heavy atom. The SMILES string of the molecule is CCN(CC)c1ccc(C(=O)N2CCC(Oc3ccnc(OC)n3)CC2)cc1. The Hall–Kier alpha value is -2.83. The topological polar surface area (TPSA) is 67.8 Å². The average molecular weight is 384 g/mol. The van der Waals surface area contributed by atoms with E-state index in [1.807, 2.05) is 29.2 Å². The van der Waals surface area contributed by atoms with E-state index in [1.54, 1.807) is 12.3 Å². The van der Waals surface area contributed by atoms with Crippen molar-refractivity contribution >= 4 is 11.6 Å². The first-order chi connectivity index (χ1) is 13.6. The van der Waals surface area contributed by atoms with Crippen LogP contribution in [-0.4, -0.2) is 60.2 Å². The van der Waals surface area contributed by atoms with Gasteiger partial charge in [-0.3, -0.25) is 4.79 Å². The number of carbonyl (C=O) groups is 1. The first-order valence-corrected chi connectivity index (χ1v) is 9.82. The lowest BCUT2D eigenvalue weighted by Crippen LogP contribution is -2.41. The Morgan fingerprint density at radius 2 is 1.82 bits per heavy atom. The highest BCUT2D eigenvalue weighted by Crippen LogP contribution is 2.21. The number of methoxy groups -OCH3 is 1. The molecular formula is C21H28N4O3. The number of likely N-dealkylation sites (tertiary alicyclic amines) is 1. The van der Waals surface area contributed by atoms with Gasteiger partial charge in [0.1, 0.15) is 6.10 Å². The van der Waals surface area contributed by atoms with E-state index in [1.165, 1.54) is 7.11 Å². The van der Waals surface area contributed by atoms with Gasteiger partial charge < -0.3 is 19.3 Å². The molecule has 28 heavy (non-hydrogen) atoms. The van der Waals surface area contributed by atoms with Crippen LogP contribution in [0.5, 0.6) is 11.9 Å². The van der Waals surface area contributed by atoms with E-state index in [4.69, 9.17) is 9.47 Å². The first-order valence-electron chi connectivity index (χ1n) is 9.82. The fraction of sp³-hybridized carbons (Fsp3) is 0.476. The standard InChI is InChI=1S/C21H28N4O3/c1-4-24(5-2)17-8-6-16(7-9-17)20(26)25-14-11-18(12-15-25)28-19-10-13-22-21(23-19)27-3/h6-10,13,18H,4-5,11-12,14-15H2,1-3H3. The van der Waals surface area contributed by atoms with E-state index in [9.17, 15) is 4.79 Å². The van der Waals surface area contributed by atoms with Crippen molar-refractivity contribution < 1.29 is 14.3 Å². The number of ether oxygens (including phenoxy) is 2. The van der Waals surface area contributed by atoms with E-state index < -0.39 is 0 Å². The summed E-state index contributed by atoms with van der Waals surface area (Å²) in [6.07, 6.45) is 3.20. The molecular weight excluding hydrogens is 356 g/mol. The van der Waals surface area contributed by atoms with Crippen molar-refractivity contribution in [1.82, 2.24) is 14.9 Å². The third kappa shape index (κ3) is 4.71. The Morgan fingerprint density at radius 3 is 2.43 bits per heavy atom. The fourth-order valence-electron chi connectivity index (χ4n) is 3.42. The van der Waals surface area contributed by atoms with Gasteiger partial charge in [-0.25, -0.2) is 4.98 Å². The van der Waals surface area contributed by atoms with Crippen molar-refractivity contribution in [3.8, 4) is 11.9 Å². The molecule has 0 radical (unpaired) electrons. The Kier molecular flexibility index (Phi) is 6.68. The van der Waals surface area contributed by atoms with Crippen LogP contribution >= 0.6 is 0 Å². The molecule has 0 bridgehead atoms. The minimum Gasteiger partial charge on any atom is -0.474 e. The average Bonchev–Trinajstić information content (AvgIpc) is 2.75. The van der Waals surface area contributed by atoms with Crippen LogP contribution in [0, 0.1) is 0 Å². The molecule has 0 saturated carbocycles. The number of anilines is 1. The summed E-state index contributed by atoms with van der Waals surface area (Å²) < 4.78 is 10.9. The quantitative estimate of drug-likeness (QED) is 0.731. The van der Waals surface area contributed by atoms with Crippen LogP contribution in [0.4, 0.5) is 5.69 Å². The molecule has 0 spiro atoms. The molecule has 0 unspecified atom stereocenters. The van der Waals surface area contributed by atoms with Gasteiger partial charge >= 0.3 is 6.01 Å². The molecule has 2 aromatic rings. The molecule has 7 nitrogen and oxygen atoms in total. The third-order valence-electron chi connectivity index (χ3n) is 5.05. The van der Waals surface area contributed by atoms with Crippen LogP contribution < -0.4 is 14.4 Å². The second-order valence-corrected chi connectivity index (χ2v) is 6.71. The minimum atomic E-state index is 0.0358. The zero-order valence-corrected chi connectivity index (χ0v) is 16.8. The molecule has 1 saturated heterocycles. The van der Waals surface area contributed by atoms with E-state index in [2.05, 4.69) is 28.7 Å². The van der Waals surface area contributed by atoms with Crippen molar-refractivity contribution in [2.45, 2.75) is 32.8 Å². The molecule has 0 N–H and O–H groups in total. The maximum atomic E-state index is 12.8. The summed E-state index contributed by atoms with van der Waals surface area (Å²) in [6.45, 7) is 7.51. The molecule has 2 heterocycles. The number of hydrogen-bond acceptors (Lipinski definition) is 6. The lowest BCUT2D eigenvalue weighted by Gasteiger charge is -2.32. The Balaban J connectivity index is 1.54. The van der Waals surface area contributed by atoms with Gasteiger partial charge in [-0.1, -0.05) is 0 Å². The Labute approximate surface area is 166 Å². The van der Waals surface area contributed by atoms with E-state index in [0.717, 1.165) is 37.2 Å². The molecule has 1 amide bonds. The summed E-state index contributed by atoms with van der Waals surface area (Å²) >= 11 is 0. The molecule has 1 aromatic carbocycles. The zero-order chi connectivity index (χ0) is 19.9. The molecule has 1 fully saturated rings. The number of aromatic nitrogens is 2. The van der Waals surface area contributed by atoms with Crippen LogP contribution in [0.3, 0.4) is 0 Å². The molecule has 0 aliphatic carbocycles. The molecule has 0 atom stereocenters. The largest absolute Gasteiger partial charge is 0.474 e. The molecule has 150 valence electrons. The van der Waals surface area contributed by atoms with Crippen LogP contribution in [0.2, 0.25) is 0 Å². The summed E-state index contributed by atoms with van der Waals surface area (Å²) in [7, 11) is 1.53. The van der Waals surface area contributed by atoms with Crippen LogP contribution in [0.1, 0.15) is 37.0 Å². The lowest BCUT2D eigenvalue weighted by atomic mass is 10.1. The summed E-state index contributed by atoms with van der Waals surface area (Å²) in [5, 5.41) is 0. The van der Waals surface area contributed by atoms with Gasteiger partial charge in [0.25, 0.3) is 5.91 Å². The van der Waals surface area contributed by atoms with Gasteiger partial charge in [-0.2, -0.15) is 4.98 Å². The van der Waals surface area contributed by atoms with Crippen molar-refractivity contribution in [1.29, 1.82) is 0 Å². The van der Waals surface area contributed by atoms with Crippen molar-refractivity contribution in [3.63, 3.8) is 0 Å². The van der Waals surface area contributed by atoms with Gasteiger partial charge in [-0.05, 0) is 38.1 Å². The van der Waals surface area contributed by atoms with Crippen molar-refractivity contribution in [2.24, 2.45) is 0 Å². The molecule has 1 aromatic heterocycles. The number of benzene rings is 1. The second-order valence-electron chi connectivity index (χ2n) is 6.71. The fourth-order valence-corrected chi connectivity index (χ4v) is 3.42. The summed E-state index contributed by atoms with van der Waals surface area (Å²) in [5.41, 5.74) is 1.88. The normalized spacial score (nSPS) is 14.6. The number of piperidine rings is 1. The van der Waals surface area contributed by atoms with Gasteiger partial charge in [0, 0.05) is 62.5 Å². The maximum Gasteiger partial charge on any atom is 0.319 e. The van der Waals surface area contributed by atoms with Crippen LogP contribution in [0.25, 0.3) is 0 Å². The van der Waals surface area contributed by atoms with Crippen LogP contribution in [0.15, 0.2) is 36.5 Å². The minimum absolute atomic E-state index is 0.0358. The van der Waals surface area contributed by atoms with Gasteiger partial charge in [0.05, 0.1) is 7.11 Å². The summed E-state index contributed by atoms with van der Waals surface area (Å²) in [6, 6.07) is 9.91. The Bertz CT molecular complexity index is 769. The number of rotatable bonds is 7. The monoisotopic (exact) mass is 384 g/mol. The molecule has 1 aliphatic heterocycles. The smallest absolute Gasteiger partial charge is 0.319 e. The maximum absolute atomic E-state index is 12.8. The lowest BCUT2D eigenvalue weighted by molar-refractivity contribution is 0.0586. The highest BCUT2D eigenvalue weighted by Gasteiger charge is 2.25. The first kappa shape index (κ1) is 19.9. The molecule has 7 heteroatoms. The summed E-state index contributed by atoms with van der Waals surface area (Å²) in [5.74, 6) is 0.580. The molecule has 3 rings (SSSR count).